The molecule has 2 heterocycles. The molecule has 0 atom stereocenters. The van der Waals surface area contributed by atoms with Crippen molar-refractivity contribution in [3.63, 3.8) is 0 Å². The third kappa shape index (κ3) is 1.65. The van der Waals surface area contributed by atoms with Gasteiger partial charge in [-0.15, -0.1) is 11.3 Å². The first-order chi connectivity index (χ1) is 7.37. The predicted molar refractivity (Wildman–Crippen MR) is 62.1 cm³/mol. The van der Waals surface area contributed by atoms with E-state index in [9.17, 15) is 0 Å². The molecule has 0 amide bonds. The summed E-state index contributed by atoms with van der Waals surface area (Å²) in [7, 11) is 0. The molecule has 86 valence electrons. The van der Waals surface area contributed by atoms with Crippen LogP contribution < -0.4 is 0 Å². The Hall–Kier alpha value is -0.890. The van der Waals surface area contributed by atoms with E-state index in [0.717, 1.165) is 5.56 Å². The van der Waals surface area contributed by atoms with Crippen molar-refractivity contribution in [2.45, 2.75) is 45.2 Å². The van der Waals surface area contributed by atoms with Crippen LogP contribution in [-0.4, -0.2) is 11.2 Å². The summed E-state index contributed by atoms with van der Waals surface area (Å²) in [5.41, 5.74) is 0.129. The number of hydrogen-bond acceptors (Lipinski definition) is 4. The summed E-state index contributed by atoms with van der Waals surface area (Å²) in [6.45, 7) is 8.02. The number of hydrogen-bond donors (Lipinski definition) is 0. The third-order valence-electron chi connectivity index (χ3n) is 3.30. The first kappa shape index (κ1) is 11.6. The standard InChI is InChI=1S/C12H15NO2S/c1-11(2)12(3,4)15-10(14-11)8-5-6-16-9(8)7-13/h5-6,10H,1-4H3. The average Bonchev–Trinajstić information content (AvgIpc) is 2.69. The normalized spacial score (nSPS) is 23.2. The van der Waals surface area contributed by atoms with Crippen LogP contribution in [0.4, 0.5) is 0 Å². The summed E-state index contributed by atoms with van der Waals surface area (Å²) in [6, 6.07) is 4.06. The van der Waals surface area contributed by atoms with E-state index in [1.54, 1.807) is 0 Å². The van der Waals surface area contributed by atoms with Gasteiger partial charge >= 0.3 is 0 Å². The Morgan fingerprint density at radius 3 is 2.31 bits per heavy atom. The fourth-order valence-electron chi connectivity index (χ4n) is 1.57. The molecule has 1 aliphatic rings. The molecule has 1 aliphatic heterocycles. The monoisotopic (exact) mass is 237 g/mol. The molecular weight excluding hydrogens is 222 g/mol. The molecule has 16 heavy (non-hydrogen) atoms. The quantitative estimate of drug-likeness (QED) is 0.753. The number of rotatable bonds is 1. The van der Waals surface area contributed by atoms with Crippen molar-refractivity contribution in [2.75, 3.05) is 0 Å². The Labute approximate surface area is 99.6 Å². The topological polar surface area (TPSA) is 42.2 Å². The molecule has 0 aliphatic carbocycles. The molecule has 3 nitrogen and oxygen atoms in total. The van der Waals surface area contributed by atoms with Crippen molar-refractivity contribution in [3.05, 3.63) is 21.9 Å². The van der Waals surface area contributed by atoms with Crippen LogP contribution in [0.3, 0.4) is 0 Å². The smallest absolute Gasteiger partial charge is 0.187 e. The molecular formula is C12H15NO2S. The maximum absolute atomic E-state index is 8.98. The van der Waals surface area contributed by atoms with Crippen LogP contribution in [0.2, 0.25) is 0 Å². The van der Waals surface area contributed by atoms with Gasteiger partial charge < -0.3 is 9.47 Å². The summed E-state index contributed by atoms with van der Waals surface area (Å²) in [5, 5.41) is 10.9. The van der Waals surface area contributed by atoms with Gasteiger partial charge in [0.15, 0.2) is 6.29 Å². The van der Waals surface area contributed by atoms with E-state index in [2.05, 4.69) is 6.07 Å². The zero-order chi connectivity index (χ0) is 12.0. The molecule has 1 aromatic heterocycles. The highest BCUT2D eigenvalue weighted by atomic mass is 32.1. The second-order valence-corrected chi connectivity index (χ2v) is 5.82. The van der Waals surface area contributed by atoms with Gasteiger partial charge in [-0.1, -0.05) is 0 Å². The maximum Gasteiger partial charge on any atom is 0.187 e. The van der Waals surface area contributed by atoms with Crippen LogP contribution in [0.25, 0.3) is 0 Å². The SMILES string of the molecule is CC1(C)OC(c2ccsc2C#N)OC1(C)C. The largest absolute Gasteiger partial charge is 0.339 e. The van der Waals surface area contributed by atoms with Gasteiger partial charge in [0.05, 0.1) is 11.2 Å². The molecule has 0 N–H and O–H groups in total. The molecule has 0 aromatic carbocycles. The highest BCUT2D eigenvalue weighted by molar-refractivity contribution is 7.10. The van der Waals surface area contributed by atoms with Crippen molar-refractivity contribution in [3.8, 4) is 6.07 Å². The number of thiophene rings is 1. The van der Waals surface area contributed by atoms with Gasteiger partial charge in [-0.05, 0) is 39.1 Å². The summed E-state index contributed by atoms with van der Waals surface area (Å²) in [6.07, 6.45) is -0.425. The lowest BCUT2D eigenvalue weighted by atomic mass is 9.90. The van der Waals surface area contributed by atoms with E-state index in [0.29, 0.717) is 4.88 Å². The molecule has 0 saturated carbocycles. The van der Waals surface area contributed by atoms with Gasteiger partial charge in [-0.2, -0.15) is 5.26 Å². The molecule has 0 spiro atoms. The fourth-order valence-corrected chi connectivity index (χ4v) is 2.27. The predicted octanol–water partition coefficient (Wildman–Crippen LogP) is 3.22. The molecule has 0 unspecified atom stereocenters. The minimum absolute atomic E-state index is 0.355. The Balaban J connectivity index is 2.31. The van der Waals surface area contributed by atoms with E-state index in [1.165, 1.54) is 11.3 Å². The zero-order valence-corrected chi connectivity index (χ0v) is 10.7. The van der Waals surface area contributed by atoms with E-state index in [1.807, 2.05) is 39.1 Å². The van der Waals surface area contributed by atoms with E-state index in [4.69, 9.17) is 14.7 Å². The van der Waals surface area contributed by atoms with Gasteiger partial charge in [-0.25, -0.2) is 0 Å². The summed E-state index contributed by atoms with van der Waals surface area (Å²) < 4.78 is 11.8. The van der Waals surface area contributed by atoms with Crippen LogP contribution >= 0.6 is 11.3 Å². The van der Waals surface area contributed by atoms with E-state index < -0.39 is 6.29 Å². The van der Waals surface area contributed by atoms with Crippen molar-refractivity contribution in [1.82, 2.24) is 0 Å². The molecule has 2 rings (SSSR count). The minimum Gasteiger partial charge on any atom is -0.339 e. The maximum atomic E-state index is 8.98. The summed E-state index contributed by atoms with van der Waals surface area (Å²) in [4.78, 5) is 0.665. The minimum atomic E-state index is -0.425. The molecule has 0 radical (unpaired) electrons. The van der Waals surface area contributed by atoms with Gasteiger partial charge in [0.25, 0.3) is 0 Å². The van der Waals surface area contributed by atoms with Crippen molar-refractivity contribution in [2.24, 2.45) is 0 Å². The van der Waals surface area contributed by atoms with Crippen LogP contribution in [0.5, 0.6) is 0 Å². The van der Waals surface area contributed by atoms with Crippen LogP contribution in [-0.2, 0) is 9.47 Å². The third-order valence-corrected chi connectivity index (χ3v) is 4.14. The summed E-state index contributed by atoms with van der Waals surface area (Å²) >= 11 is 1.42. The van der Waals surface area contributed by atoms with Crippen molar-refractivity contribution >= 4 is 11.3 Å². The van der Waals surface area contributed by atoms with Crippen molar-refractivity contribution in [1.29, 1.82) is 5.26 Å². The second kappa shape index (κ2) is 3.56. The highest BCUT2D eigenvalue weighted by Gasteiger charge is 2.50. The van der Waals surface area contributed by atoms with Crippen LogP contribution in [0.15, 0.2) is 11.4 Å². The summed E-state index contributed by atoms with van der Waals surface area (Å²) in [5.74, 6) is 0. The molecule has 1 saturated heterocycles. The van der Waals surface area contributed by atoms with Crippen LogP contribution in [0, 0.1) is 11.3 Å². The molecule has 1 fully saturated rings. The Morgan fingerprint density at radius 2 is 1.81 bits per heavy atom. The van der Waals surface area contributed by atoms with Gasteiger partial charge in [0, 0.05) is 5.56 Å². The van der Waals surface area contributed by atoms with E-state index >= 15 is 0 Å². The molecule has 4 heteroatoms. The van der Waals surface area contributed by atoms with Crippen LogP contribution in [0.1, 0.15) is 44.4 Å². The lowest BCUT2D eigenvalue weighted by Crippen LogP contribution is -2.41. The Bertz CT molecular complexity index is 426. The Morgan fingerprint density at radius 1 is 1.25 bits per heavy atom. The molecule has 1 aromatic rings. The van der Waals surface area contributed by atoms with Gasteiger partial charge in [0.1, 0.15) is 10.9 Å². The van der Waals surface area contributed by atoms with Gasteiger partial charge in [-0.3, -0.25) is 0 Å². The second-order valence-electron chi connectivity index (χ2n) is 4.91. The number of nitrogens with zero attached hydrogens (tertiary/aromatic N) is 1. The lowest BCUT2D eigenvalue weighted by molar-refractivity contribution is -0.0894. The zero-order valence-electron chi connectivity index (χ0n) is 9.90. The number of nitriles is 1. The fraction of sp³-hybridized carbons (Fsp3) is 0.583. The van der Waals surface area contributed by atoms with E-state index in [-0.39, 0.29) is 11.2 Å². The first-order valence-corrected chi connectivity index (χ1v) is 6.08. The number of ether oxygens (including phenoxy) is 2. The van der Waals surface area contributed by atoms with Crippen molar-refractivity contribution < 1.29 is 9.47 Å². The Kier molecular flexibility index (Phi) is 2.58. The highest BCUT2D eigenvalue weighted by Crippen LogP contribution is 2.45. The van der Waals surface area contributed by atoms with Gasteiger partial charge in [0.2, 0.25) is 0 Å². The lowest BCUT2D eigenvalue weighted by Gasteiger charge is -2.30. The average molecular weight is 237 g/mol. The first-order valence-electron chi connectivity index (χ1n) is 5.20. The molecule has 0 bridgehead atoms.